The lowest BCUT2D eigenvalue weighted by Crippen LogP contribution is -2.16. The van der Waals surface area contributed by atoms with Gasteiger partial charge in [0.15, 0.2) is 0 Å². The quantitative estimate of drug-likeness (QED) is 0.854. The number of nitrogens with zero attached hydrogens (tertiary/aromatic N) is 1. The fourth-order valence-corrected chi connectivity index (χ4v) is 3.13. The van der Waals surface area contributed by atoms with Crippen LogP contribution in [-0.4, -0.2) is 11.5 Å². The van der Waals surface area contributed by atoms with Crippen LogP contribution in [0.3, 0.4) is 0 Å². The number of hydrogen-bond acceptors (Lipinski definition) is 3. The summed E-state index contributed by atoms with van der Waals surface area (Å²) >= 11 is 5.28. The number of aryl methyl sites for hydroxylation is 1. The monoisotopic (exact) mass is 310 g/mol. The second kappa shape index (κ2) is 6.28. The minimum atomic E-state index is 0.890. The van der Waals surface area contributed by atoms with E-state index >= 15 is 0 Å². The summed E-state index contributed by atoms with van der Waals surface area (Å²) in [4.78, 5) is 5.59. The van der Waals surface area contributed by atoms with E-state index in [1.54, 1.807) is 11.3 Å². The Kier molecular flexibility index (Phi) is 4.71. The molecule has 0 aliphatic carbocycles. The van der Waals surface area contributed by atoms with Crippen molar-refractivity contribution in [3.05, 3.63) is 50.4 Å². The second-order valence-electron chi connectivity index (χ2n) is 4.00. The molecule has 2 aromatic heterocycles. The highest BCUT2D eigenvalue weighted by Gasteiger charge is 1.98. The van der Waals surface area contributed by atoms with Crippen LogP contribution in [0.5, 0.6) is 0 Å². The van der Waals surface area contributed by atoms with Crippen LogP contribution in [0, 0.1) is 6.92 Å². The van der Waals surface area contributed by atoms with E-state index in [4.69, 9.17) is 0 Å². The number of pyridine rings is 1. The molecule has 0 atom stereocenters. The van der Waals surface area contributed by atoms with Crippen molar-refractivity contribution in [2.75, 3.05) is 6.54 Å². The van der Waals surface area contributed by atoms with E-state index in [9.17, 15) is 0 Å². The van der Waals surface area contributed by atoms with Gasteiger partial charge < -0.3 is 5.32 Å². The van der Waals surface area contributed by atoms with Gasteiger partial charge in [0.25, 0.3) is 0 Å². The zero-order valence-corrected chi connectivity index (χ0v) is 12.1. The first-order chi connectivity index (χ1) is 8.24. The number of nitrogens with one attached hydrogen (secondary N) is 1. The van der Waals surface area contributed by atoms with Crippen molar-refractivity contribution in [3.63, 3.8) is 0 Å². The molecule has 0 saturated heterocycles. The molecular formula is C13H15BrN2S. The summed E-state index contributed by atoms with van der Waals surface area (Å²) in [7, 11) is 0. The van der Waals surface area contributed by atoms with Gasteiger partial charge in [0.2, 0.25) is 0 Å². The normalized spacial score (nSPS) is 10.7. The van der Waals surface area contributed by atoms with Gasteiger partial charge in [0.1, 0.15) is 0 Å². The summed E-state index contributed by atoms with van der Waals surface area (Å²) in [5.74, 6) is 0. The molecule has 0 fully saturated rings. The van der Waals surface area contributed by atoms with E-state index in [1.165, 1.54) is 19.8 Å². The largest absolute Gasteiger partial charge is 0.312 e. The molecule has 0 radical (unpaired) electrons. The Balaban J connectivity index is 1.73. The third-order valence-electron chi connectivity index (χ3n) is 2.44. The SMILES string of the molecule is Cc1cncc(CNCCc2ccc(Br)s2)c1. The van der Waals surface area contributed by atoms with Crippen LogP contribution in [-0.2, 0) is 13.0 Å². The molecule has 17 heavy (non-hydrogen) atoms. The Bertz CT molecular complexity index is 482. The van der Waals surface area contributed by atoms with Crippen molar-refractivity contribution in [2.45, 2.75) is 19.9 Å². The molecule has 2 heterocycles. The van der Waals surface area contributed by atoms with E-state index in [0.29, 0.717) is 0 Å². The molecule has 0 aliphatic heterocycles. The Labute approximate surface area is 114 Å². The Morgan fingerprint density at radius 1 is 1.35 bits per heavy atom. The van der Waals surface area contributed by atoms with Gasteiger partial charge >= 0.3 is 0 Å². The first kappa shape index (κ1) is 12.7. The van der Waals surface area contributed by atoms with Gasteiger partial charge in [-0.25, -0.2) is 0 Å². The predicted molar refractivity (Wildman–Crippen MR) is 76.4 cm³/mol. The molecule has 0 bridgehead atoms. The molecule has 2 rings (SSSR count). The molecule has 0 unspecified atom stereocenters. The minimum Gasteiger partial charge on any atom is -0.312 e. The highest BCUT2D eigenvalue weighted by molar-refractivity contribution is 9.11. The first-order valence-electron chi connectivity index (χ1n) is 5.59. The standard InChI is InChI=1S/C13H15BrN2S/c1-10-6-11(9-16-7-10)8-15-5-4-12-2-3-13(14)17-12/h2-3,6-7,9,15H,4-5,8H2,1H3. The average molecular weight is 311 g/mol. The van der Waals surface area contributed by atoms with Crippen molar-refractivity contribution >= 4 is 27.3 Å². The zero-order valence-electron chi connectivity index (χ0n) is 9.74. The van der Waals surface area contributed by atoms with E-state index in [1.807, 2.05) is 12.4 Å². The number of rotatable bonds is 5. The Hall–Kier alpha value is -0.710. The lowest BCUT2D eigenvalue weighted by molar-refractivity contribution is 0.688. The second-order valence-corrected chi connectivity index (χ2v) is 6.55. The highest BCUT2D eigenvalue weighted by Crippen LogP contribution is 2.22. The lowest BCUT2D eigenvalue weighted by atomic mass is 10.2. The molecule has 0 aromatic carbocycles. The maximum absolute atomic E-state index is 4.18. The molecular weight excluding hydrogens is 296 g/mol. The van der Waals surface area contributed by atoms with Crippen LogP contribution in [0.4, 0.5) is 0 Å². The Morgan fingerprint density at radius 3 is 2.94 bits per heavy atom. The summed E-state index contributed by atoms with van der Waals surface area (Å²) < 4.78 is 1.20. The van der Waals surface area contributed by atoms with Crippen molar-refractivity contribution in [3.8, 4) is 0 Å². The van der Waals surface area contributed by atoms with E-state index in [-0.39, 0.29) is 0 Å². The van der Waals surface area contributed by atoms with Crippen LogP contribution in [0.25, 0.3) is 0 Å². The molecule has 0 amide bonds. The maximum Gasteiger partial charge on any atom is 0.0701 e. The fraction of sp³-hybridized carbons (Fsp3) is 0.308. The third kappa shape index (κ3) is 4.22. The number of hydrogen-bond donors (Lipinski definition) is 1. The van der Waals surface area contributed by atoms with Gasteiger partial charge in [-0.2, -0.15) is 0 Å². The number of aromatic nitrogens is 1. The molecule has 0 aliphatic rings. The van der Waals surface area contributed by atoms with Crippen LogP contribution < -0.4 is 5.32 Å². The van der Waals surface area contributed by atoms with Gasteiger partial charge in [-0.05, 0) is 52.5 Å². The number of halogens is 1. The van der Waals surface area contributed by atoms with Crippen molar-refractivity contribution in [1.82, 2.24) is 10.3 Å². The van der Waals surface area contributed by atoms with Crippen molar-refractivity contribution < 1.29 is 0 Å². The maximum atomic E-state index is 4.18. The summed E-state index contributed by atoms with van der Waals surface area (Å²) in [6.07, 6.45) is 4.88. The van der Waals surface area contributed by atoms with Gasteiger partial charge in [0.05, 0.1) is 3.79 Å². The summed E-state index contributed by atoms with van der Waals surface area (Å²) in [5, 5.41) is 3.44. The topological polar surface area (TPSA) is 24.9 Å². The van der Waals surface area contributed by atoms with Crippen LogP contribution in [0.15, 0.2) is 34.4 Å². The third-order valence-corrected chi connectivity index (χ3v) is 4.12. The zero-order chi connectivity index (χ0) is 12.1. The minimum absolute atomic E-state index is 0.890. The molecule has 90 valence electrons. The molecule has 0 saturated carbocycles. The van der Waals surface area contributed by atoms with E-state index < -0.39 is 0 Å². The van der Waals surface area contributed by atoms with Crippen molar-refractivity contribution in [1.29, 1.82) is 0 Å². The first-order valence-corrected chi connectivity index (χ1v) is 7.20. The average Bonchev–Trinajstić information content (AvgIpc) is 2.71. The molecule has 2 nitrogen and oxygen atoms in total. The van der Waals surface area contributed by atoms with Gasteiger partial charge in [-0.1, -0.05) is 6.07 Å². The highest BCUT2D eigenvalue weighted by atomic mass is 79.9. The van der Waals surface area contributed by atoms with Crippen LogP contribution >= 0.6 is 27.3 Å². The number of thiophene rings is 1. The molecule has 0 spiro atoms. The smallest absolute Gasteiger partial charge is 0.0701 e. The van der Waals surface area contributed by atoms with Crippen LogP contribution in [0.2, 0.25) is 0 Å². The van der Waals surface area contributed by atoms with Gasteiger partial charge in [-0.15, -0.1) is 11.3 Å². The van der Waals surface area contributed by atoms with Gasteiger partial charge in [0, 0.05) is 30.4 Å². The van der Waals surface area contributed by atoms with Gasteiger partial charge in [-0.3, -0.25) is 4.98 Å². The molecule has 1 N–H and O–H groups in total. The summed E-state index contributed by atoms with van der Waals surface area (Å²) in [6, 6.07) is 6.44. The summed E-state index contributed by atoms with van der Waals surface area (Å²) in [5.41, 5.74) is 2.46. The van der Waals surface area contributed by atoms with Crippen LogP contribution in [0.1, 0.15) is 16.0 Å². The Morgan fingerprint density at radius 2 is 2.24 bits per heavy atom. The van der Waals surface area contributed by atoms with Crippen molar-refractivity contribution in [2.24, 2.45) is 0 Å². The fourth-order valence-electron chi connectivity index (χ4n) is 1.64. The molecule has 4 heteroatoms. The van der Waals surface area contributed by atoms with E-state index in [2.05, 4.69) is 51.4 Å². The lowest BCUT2D eigenvalue weighted by Gasteiger charge is -2.04. The molecule has 2 aromatic rings. The summed E-state index contributed by atoms with van der Waals surface area (Å²) in [6.45, 7) is 3.96. The predicted octanol–water partition coefficient (Wildman–Crippen LogP) is 3.55. The van der Waals surface area contributed by atoms with E-state index in [0.717, 1.165) is 19.5 Å².